The van der Waals surface area contributed by atoms with Gasteiger partial charge in [0.2, 0.25) is 5.91 Å². The first kappa shape index (κ1) is 22.3. The number of amides is 4. The largest absolute Gasteiger partial charge is 0.490 e. The summed E-state index contributed by atoms with van der Waals surface area (Å²) < 4.78 is 25.7. The minimum absolute atomic E-state index is 0.188. The summed E-state index contributed by atoms with van der Waals surface area (Å²) in [6, 6.07) is 7.75. The topological polar surface area (TPSA) is 114 Å². The molecule has 0 radical (unpaired) electrons. The highest BCUT2D eigenvalue weighted by Crippen LogP contribution is 2.36. The average Bonchev–Trinajstić information content (AvgIpc) is 2.92. The lowest BCUT2D eigenvalue weighted by Gasteiger charge is -2.23. The van der Waals surface area contributed by atoms with Crippen LogP contribution in [0.5, 0.6) is 11.5 Å². The Morgan fingerprint density at radius 1 is 1.12 bits per heavy atom. The van der Waals surface area contributed by atoms with Gasteiger partial charge in [0.15, 0.2) is 17.3 Å². The highest BCUT2D eigenvalue weighted by molar-refractivity contribution is 6.11. The van der Waals surface area contributed by atoms with Gasteiger partial charge in [-0.25, -0.2) is 9.18 Å². The van der Waals surface area contributed by atoms with Gasteiger partial charge in [-0.15, -0.1) is 0 Å². The van der Waals surface area contributed by atoms with Crippen LogP contribution in [0, 0.1) is 5.82 Å². The molecule has 2 aliphatic heterocycles. The van der Waals surface area contributed by atoms with E-state index < -0.39 is 35.6 Å². The average molecular weight is 455 g/mol. The predicted octanol–water partition coefficient (Wildman–Crippen LogP) is 2.60. The molecule has 10 heteroatoms. The molecular weight excluding hydrogens is 433 g/mol. The number of hydrogen-bond acceptors (Lipinski definition) is 6. The molecule has 2 heterocycles. The number of carbonyl (C=O) groups excluding carboxylic acids is 4. The van der Waals surface area contributed by atoms with Gasteiger partial charge in [-0.1, -0.05) is 6.07 Å². The van der Waals surface area contributed by atoms with Crippen LogP contribution in [0.25, 0.3) is 0 Å². The van der Waals surface area contributed by atoms with Crippen molar-refractivity contribution in [2.75, 3.05) is 25.1 Å². The zero-order valence-corrected chi connectivity index (χ0v) is 18.1. The van der Waals surface area contributed by atoms with E-state index in [4.69, 9.17) is 9.47 Å². The third-order valence-corrected chi connectivity index (χ3v) is 5.49. The van der Waals surface area contributed by atoms with Crippen LogP contribution in [-0.2, 0) is 15.1 Å². The van der Waals surface area contributed by atoms with Gasteiger partial charge in [0.1, 0.15) is 11.4 Å². The molecule has 0 bridgehead atoms. The van der Waals surface area contributed by atoms with Crippen molar-refractivity contribution in [3.05, 3.63) is 53.3 Å². The summed E-state index contributed by atoms with van der Waals surface area (Å²) >= 11 is 0. The highest BCUT2D eigenvalue weighted by atomic mass is 19.1. The molecule has 1 saturated heterocycles. The van der Waals surface area contributed by atoms with Crippen molar-refractivity contribution in [2.45, 2.75) is 25.8 Å². The molecule has 2 aliphatic rings. The second-order valence-corrected chi connectivity index (χ2v) is 7.96. The van der Waals surface area contributed by atoms with E-state index in [1.54, 1.807) is 18.2 Å². The molecule has 2 aromatic rings. The second kappa shape index (κ2) is 8.53. The van der Waals surface area contributed by atoms with Crippen LogP contribution in [0.15, 0.2) is 36.4 Å². The SMILES string of the molecule is CC(=O)Nc1ccc(C(=O)CN2C(=O)N[C@](C)(c3ccc4c(c3)OCCCO4)C2=O)c(F)c1. The predicted molar refractivity (Wildman–Crippen MR) is 115 cm³/mol. The van der Waals surface area contributed by atoms with Crippen molar-refractivity contribution >= 4 is 29.3 Å². The van der Waals surface area contributed by atoms with E-state index in [0.717, 1.165) is 17.4 Å². The van der Waals surface area contributed by atoms with Crippen LogP contribution < -0.4 is 20.1 Å². The van der Waals surface area contributed by atoms with Crippen LogP contribution in [0.1, 0.15) is 36.2 Å². The number of halogens is 1. The van der Waals surface area contributed by atoms with Crippen molar-refractivity contribution in [3.63, 3.8) is 0 Å². The van der Waals surface area contributed by atoms with Crippen molar-refractivity contribution in [1.82, 2.24) is 10.2 Å². The van der Waals surface area contributed by atoms with E-state index >= 15 is 0 Å². The van der Waals surface area contributed by atoms with E-state index in [2.05, 4.69) is 10.6 Å². The number of ether oxygens (including phenoxy) is 2. The molecule has 2 aromatic carbocycles. The number of urea groups is 1. The van der Waals surface area contributed by atoms with Gasteiger partial charge in [0.25, 0.3) is 5.91 Å². The van der Waals surface area contributed by atoms with Crippen LogP contribution in [-0.4, -0.2) is 48.3 Å². The summed E-state index contributed by atoms with van der Waals surface area (Å²) in [5.41, 5.74) is -1.08. The van der Waals surface area contributed by atoms with E-state index in [9.17, 15) is 23.6 Å². The van der Waals surface area contributed by atoms with Gasteiger partial charge in [0.05, 0.1) is 25.3 Å². The Bertz CT molecular complexity index is 1170. The van der Waals surface area contributed by atoms with Crippen LogP contribution in [0.3, 0.4) is 0 Å². The van der Waals surface area contributed by atoms with Crippen LogP contribution in [0.2, 0.25) is 0 Å². The number of fused-ring (bicyclic) bond motifs is 1. The fraction of sp³-hybridized carbons (Fsp3) is 0.304. The Morgan fingerprint density at radius 2 is 1.85 bits per heavy atom. The molecular formula is C23H22FN3O6. The maximum atomic E-state index is 14.4. The molecule has 2 N–H and O–H groups in total. The van der Waals surface area contributed by atoms with Gasteiger partial charge in [0, 0.05) is 19.0 Å². The highest BCUT2D eigenvalue weighted by Gasteiger charge is 2.50. The maximum Gasteiger partial charge on any atom is 0.325 e. The van der Waals surface area contributed by atoms with Gasteiger partial charge < -0.3 is 20.1 Å². The van der Waals surface area contributed by atoms with Crippen molar-refractivity contribution < 1.29 is 33.0 Å². The molecule has 9 nitrogen and oxygen atoms in total. The summed E-state index contributed by atoms with van der Waals surface area (Å²) in [4.78, 5) is 50.3. The van der Waals surface area contributed by atoms with Crippen LogP contribution >= 0.6 is 0 Å². The molecule has 0 spiro atoms. The van der Waals surface area contributed by atoms with Gasteiger partial charge in [-0.3, -0.25) is 19.3 Å². The van der Waals surface area contributed by atoms with Gasteiger partial charge in [-0.05, 0) is 42.8 Å². The number of nitrogens with zero attached hydrogens (tertiary/aromatic N) is 1. The lowest BCUT2D eigenvalue weighted by atomic mass is 9.91. The van der Waals surface area contributed by atoms with E-state index in [1.807, 2.05) is 0 Å². The number of benzene rings is 2. The minimum atomic E-state index is -1.43. The Balaban J connectivity index is 1.54. The minimum Gasteiger partial charge on any atom is -0.490 e. The summed E-state index contributed by atoms with van der Waals surface area (Å²) in [7, 11) is 0. The molecule has 172 valence electrons. The molecule has 4 amide bonds. The number of Topliss-reactive ketones (excluding diaryl/α,β-unsaturated/α-hetero) is 1. The molecule has 4 rings (SSSR count). The number of carbonyl (C=O) groups is 4. The van der Waals surface area contributed by atoms with E-state index in [0.29, 0.717) is 30.3 Å². The third-order valence-electron chi connectivity index (χ3n) is 5.49. The Morgan fingerprint density at radius 3 is 2.55 bits per heavy atom. The number of rotatable bonds is 5. The fourth-order valence-corrected chi connectivity index (χ4v) is 3.76. The Hall–Kier alpha value is -3.95. The smallest absolute Gasteiger partial charge is 0.325 e. The van der Waals surface area contributed by atoms with E-state index in [-0.39, 0.29) is 17.2 Å². The number of nitrogens with one attached hydrogen (secondary N) is 2. The molecule has 1 atom stereocenters. The summed E-state index contributed by atoms with van der Waals surface area (Å²) in [5, 5.41) is 5.03. The van der Waals surface area contributed by atoms with Crippen LogP contribution in [0.4, 0.5) is 14.9 Å². The number of ketones is 1. The molecule has 0 aliphatic carbocycles. The summed E-state index contributed by atoms with van der Waals surface area (Å²) in [6.07, 6.45) is 0.717. The third kappa shape index (κ3) is 4.23. The van der Waals surface area contributed by atoms with Gasteiger partial charge in [-0.2, -0.15) is 0 Å². The molecule has 0 unspecified atom stereocenters. The fourth-order valence-electron chi connectivity index (χ4n) is 3.76. The summed E-state index contributed by atoms with van der Waals surface area (Å²) in [5.74, 6) is -1.66. The molecule has 0 saturated carbocycles. The number of hydrogen-bond donors (Lipinski definition) is 2. The maximum absolute atomic E-state index is 14.4. The monoisotopic (exact) mass is 455 g/mol. The van der Waals surface area contributed by atoms with Gasteiger partial charge >= 0.3 is 6.03 Å². The molecule has 0 aromatic heterocycles. The first-order valence-corrected chi connectivity index (χ1v) is 10.3. The molecule has 1 fully saturated rings. The lowest BCUT2D eigenvalue weighted by molar-refractivity contribution is -0.130. The quantitative estimate of drug-likeness (QED) is 0.529. The zero-order chi connectivity index (χ0) is 23.8. The first-order chi connectivity index (χ1) is 15.7. The Kier molecular flexibility index (Phi) is 5.75. The number of anilines is 1. The first-order valence-electron chi connectivity index (χ1n) is 10.3. The molecule has 33 heavy (non-hydrogen) atoms. The lowest BCUT2D eigenvalue weighted by Crippen LogP contribution is -2.41. The summed E-state index contributed by atoms with van der Waals surface area (Å²) in [6.45, 7) is 3.13. The number of imide groups is 1. The van der Waals surface area contributed by atoms with E-state index in [1.165, 1.54) is 26.0 Å². The van der Waals surface area contributed by atoms with Crippen molar-refractivity contribution in [3.8, 4) is 11.5 Å². The normalized spacial score (nSPS) is 19.7. The zero-order valence-electron chi connectivity index (χ0n) is 18.1. The van der Waals surface area contributed by atoms with Crippen molar-refractivity contribution in [2.24, 2.45) is 0 Å². The second-order valence-electron chi connectivity index (χ2n) is 7.96. The van der Waals surface area contributed by atoms with Crippen molar-refractivity contribution in [1.29, 1.82) is 0 Å². The Labute approximate surface area is 188 Å². The standard InChI is InChI=1S/C23H22FN3O6/c1-13(28)25-15-5-6-16(17(24)11-15)18(29)12-27-21(30)23(2,26-22(27)31)14-4-7-19-20(10-14)33-9-3-8-32-19/h4-7,10-11H,3,8-9,12H2,1-2H3,(H,25,28)(H,26,31)/t23-/m1/s1.